The van der Waals surface area contributed by atoms with E-state index >= 15 is 0 Å². The number of hydrogen-bond donors (Lipinski definition) is 2. The first-order valence-electron chi connectivity index (χ1n) is 6.71. The predicted octanol–water partition coefficient (Wildman–Crippen LogP) is 0.0428. The van der Waals surface area contributed by atoms with Gasteiger partial charge in [0.05, 0.1) is 22.9 Å². The highest BCUT2D eigenvalue weighted by atomic mass is 32.2. The summed E-state index contributed by atoms with van der Waals surface area (Å²) in [6, 6.07) is 3.52. The molecule has 2 fully saturated rings. The Bertz CT molecular complexity index is 603. The second-order valence-electron chi connectivity index (χ2n) is 5.35. The van der Waals surface area contributed by atoms with E-state index in [2.05, 4.69) is 15.6 Å². The first-order chi connectivity index (χ1) is 9.58. The van der Waals surface area contributed by atoms with E-state index in [4.69, 9.17) is 0 Å². The number of sulfone groups is 1. The van der Waals surface area contributed by atoms with Crippen LogP contribution in [0.3, 0.4) is 0 Å². The molecule has 1 aromatic heterocycles. The van der Waals surface area contributed by atoms with Crippen LogP contribution in [0.25, 0.3) is 0 Å². The number of aromatic nitrogens is 1. The Kier molecular flexibility index (Phi) is 3.47. The molecule has 3 heterocycles. The van der Waals surface area contributed by atoms with Crippen LogP contribution >= 0.6 is 0 Å². The molecule has 3 atom stereocenters. The molecule has 20 heavy (non-hydrogen) atoms. The summed E-state index contributed by atoms with van der Waals surface area (Å²) in [6.07, 6.45) is 3.62. The van der Waals surface area contributed by atoms with Gasteiger partial charge < -0.3 is 10.6 Å². The maximum atomic E-state index is 12.4. The molecular weight excluding hydrogens is 278 g/mol. The van der Waals surface area contributed by atoms with Gasteiger partial charge in [-0.1, -0.05) is 0 Å². The standard InChI is InChI=1S/C13H17N3O3S/c17-13(16-9-2-1-4-14-6-9)10-3-5-20(18,19)12-8-15-7-11(10)12/h1-2,4,6,10-12,15H,3,5,7-8H2,(H,16,17)/t10-,11-,12-/m1/s1. The monoisotopic (exact) mass is 295 g/mol. The van der Waals surface area contributed by atoms with Crippen LogP contribution in [0.1, 0.15) is 6.42 Å². The van der Waals surface area contributed by atoms with E-state index < -0.39 is 15.1 Å². The van der Waals surface area contributed by atoms with Crippen molar-refractivity contribution in [3.05, 3.63) is 24.5 Å². The van der Waals surface area contributed by atoms with Gasteiger partial charge in [-0.25, -0.2) is 8.42 Å². The van der Waals surface area contributed by atoms with Crippen LogP contribution in [0.4, 0.5) is 5.69 Å². The van der Waals surface area contributed by atoms with E-state index in [9.17, 15) is 13.2 Å². The molecular formula is C13H17N3O3S. The predicted molar refractivity (Wildman–Crippen MR) is 74.9 cm³/mol. The van der Waals surface area contributed by atoms with Crippen molar-refractivity contribution in [1.29, 1.82) is 0 Å². The van der Waals surface area contributed by atoms with Gasteiger partial charge in [-0.2, -0.15) is 0 Å². The van der Waals surface area contributed by atoms with Gasteiger partial charge in [0.2, 0.25) is 5.91 Å². The van der Waals surface area contributed by atoms with Gasteiger partial charge in [0.1, 0.15) is 0 Å². The molecule has 2 aliphatic heterocycles. The molecule has 0 aliphatic carbocycles. The second-order valence-corrected chi connectivity index (χ2v) is 7.69. The second kappa shape index (κ2) is 5.14. The van der Waals surface area contributed by atoms with Gasteiger partial charge in [-0.3, -0.25) is 9.78 Å². The van der Waals surface area contributed by atoms with Crippen LogP contribution in [0.2, 0.25) is 0 Å². The van der Waals surface area contributed by atoms with Crippen molar-refractivity contribution >= 4 is 21.4 Å². The summed E-state index contributed by atoms with van der Waals surface area (Å²) >= 11 is 0. The molecule has 0 saturated carbocycles. The van der Waals surface area contributed by atoms with Gasteiger partial charge in [-0.15, -0.1) is 0 Å². The highest BCUT2D eigenvalue weighted by Crippen LogP contribution is 2.34. The minimum atomic E-state index is -3.05. The zero-order valence-electron chi connectivity index (χ0n) is 11.0. The van der Waals surface area contributed by atoms with E-state index in [1.165, 1.54) is 0 Å². The fraction of sp³-hybridized carbons (Fsp3) is 0.538. The normalized spacial score (nSPS) is 31.5. The summed E-state index contributed by atoms with van der Waals surface area (Å²) in [5.41, 5.74) is 0.647. The molecule has 0 spiro atoms. The number of pyridine rings is 1. The molecule has 0 aromatic carbocycles. The Morgan fingerprint density at radius 1 is 1.40 bits per heavy atom. The molecule has 108 valence electrons. The summed E-state index contributed by atoms with van der Waals surface area (Å²) in [6.45, 7) is 1.05. The van der Waals surface area contributed by atoms with Crippen LogP contribution in [0, 0.1) is 11.8 Å². The smallest absolute Gasteiger partial charge is 0.227 e. The highest BCUT2D eigenvalue weighted by molar-refractivity contribution is 7.92. The fourth-order valence-corrected chi connectivity index (χ4v) is 5.20. The minimum absolute atomic E-state index is 0.0982. The lowest BCUT2D eigenvalue weighted by atomic mass is 9.87. The molecule has 3 rings (SSSR count). The number of carbonyl (C=O) groups excluding carboxylic acids is 1. The average molecular weight is 295 g/mol. The SMILES string of the molecule is O=C(Nc1cccnc1)[C@@H]1CCS(=O)(=O)[C@@H]2CNC[C@@H]21. The number of hydrogen-bond acceptors (Lipinski definition) is 5. The molecule has 1 aromatic rings. The fourth-order valence-electron chi connectivity index (χ4n) is 3.12. The first kappa shape index (κ1) is 13.5. The van der Waals surface area contributed by atoms with E-state index in [1.54, 1.807) is 24.5 Å². The lowest BCUT2D eigenvalue weighted by molar-refractivity contribution is -0.121. The van der Waals surface area contributed by atoms with Gasteiger partial charge >= 0.3 is 0 Å². The quantitative estimate of drug-likeness (QED) is 0.804. The lowest BCUT2D eigenvalue weighted by Gasteiger charge is -2.31. The van der Waals surface area contributed by atoms with Crippen molar-refractivity contribution in [1.82, 2.24) is 10.3 Å². The van der Waals surface area contributed by atoms with Crippen LogP contribution < -0.4 is 10.6 Å². The maximum Gasteiger partial charge on any atom is 0.227 e. The topological polar surface area (TPSA) is 88.2 Å². The van der Waals surface area contributed by atoms with Crippen LogP contribution in [0.15, 0.2) is 24.5 Å². The molecule has 6 nitrogen and oxygen atoms in total. The summed E-state index contributed by atoms with van der Waals surface area (Å²) in [5.74, 6) is -0.378. The lowest BCUT2D eigenvalue weighted by Crippen LogP contribution is -2.45. The third-order valence-electron chi connectivity index (χ3n) is 4.16. The molecule has 2 aliphatic rings. The summed E-state index contributed by atoms with van der Waals surface area (Å²) < 4.78 is 24.0. The van der Waals surface area contributed by atoms with Crippen molar-refractivity contribution in [2.24, 2.45) is 11.8 Å². The number of nitrogens with zero attached hydrogens (tertiary/aromatic N) is 1. The Labute approximate surface area is 117 Å². The number of fused-ring (bicyclic) bond motifs is 1. The minimum Gasteiger partial charge on any atom is -0.324 e. The van der Waals surface area contributed by atoms with Crippen molar-refractivity contribution in [3.63, 3.8) is 0 Å². The Hall–Kier alpha value is -1.47. The molecule has 2 N–H and O–H groups in total. The first-order valence-corrected chi connectivity index (χ1v) is 8.42. The summed E-state index contributed by atoms with van der Waals surface area (Å²) in [4.78, 5) is 16.3. The number of amides is 1. The van der Waals surface area contributed by atoms with E-state index in [0.717, 1.165) is 0 Å². The number of carbonyl (C=O) groups is 1. The van der Waals surface area contributed by atoms with Crippen molar-refractivity contribution in [2.75, 3.05) is 24.2 Å². The molecule has 2 saturated heterocycles. The number of anilines is 1. The molecule has 0 bridgehead atoms. The maximum absolute atomic E-state index is 12.4. The Balaban J connectivity index is 1.76. The summed E-state index contributed by atoms with van der Waals surface area (Å²) in [7, 11) is -3.05. The van der Waals surface area contributed by atoms with Crippen molar-refractivity contribution in [3.8, 4) is 0 Å². The third kappa shape index (κ3) is 2.43. The summed E-state index contributed by atoms with van der Waals surface area (Å²) in [5, 5.41) is 5.51. The van der Waals surface area contributed by atoms with E-state index in [0.29, 0.717) is 25.2 Å². The Morgan fingerprint density at radius 2 is 2.25 bits per heavy atom. The highest BCUT2D eigenvalue weighted by Gasteiger charge is 2.47. The van der Waals surface area contributed by atoms with Crippen molar-refractivity contribution < 1.29 is 13.2 Å². The zero-order valence-corrected chi connectivity index (χ0v) is 11.8. The van der Waals surface area contributed by atoms with Gasteiger partial charge in [0.25, 0.3) is 0 Å². The molecule has 0 radical (unpaired) electrons. The molecule has 0 unspecified atom stereocenters. The average Bonchev–Trinajstić information content (AvgIpc) is 2.90. The van der Waals surface area contributed by atoms with Crippen molar-refractivity contribution in [2.45, 2.75) is 11.7 Å². The van der Waals surface area contributed by atoms with Gasteiger partial charge in [-0.05, 0) is 18.6 Å². The van der Waals surface area contributed by atoms with Crippen LogP contribution in [0.5, 0.6) is 0 Å². The van der Waals surface area contributed by atoms with E-state index in [1.807, 2.05) is 0 Å². The van der Waals surface area contributed by atoms with Gasteiger partial charge in [0.15, 0.2) is 9.84 Å². The zero-order chi connectivity index (χ0) is 14.2. The number of nitrogens with one attached hydrogen (secondary N) is 2. The van der Waals surface area contributed by atoms with E-state index in [-0.39, 0.29) is 23.5 Å². The third-order valence-corrected chi connectivity index (χ3v) is 6.40. The van der Waals surface area contributed by atoms with Crippen LogP contribution in [-0.2, 0) is 14.6 Å². The molecule has 7 heteroatoms. The molecule has 1 amide bonds. The van der Waals surface area contributed by atoms with Crippen LogP contribution in [-0.4, -0.2) is 43.4 Å². The Morgan fingerprint density at radius 3 is 3.00 bits per heavy atom. The largest absolute Gasteiger partial charge is 0.324 e. The van der Waals surface area contributed by atoms with Gasteiger partial charge in [0, 0.05) is 31.1 Å². The number of rotatable bonds is 2.